The first-order valence-corrected chi connectivity index (χ1v) is 7.36. The van der Waals surface area contributed by atoms with E-state index in [4.69, 9.17) is 9.47 Å². The van der Waals surface area contributed by atoms with E-state index < -0.39 is 0 Å². The lowest BCUT2D eigenvalue weighted by molar-refractivity contribution is 0.0564. The maximum absolute atomic E-state index is 5.80. The second-order valence-electron chi connectivity index (χ2n) is 5.58. The van der Waals surface area contributed by atoms with Crippen molar-refractivity contribution < 1.29 is 9.47 Å². The Labute approximate surface area is 119 Å². The quantitative estimate of drug-likeness (QED) is 0.730. The molecule has 1 unspecified atom stereocenters. The molecule has 0 saturated carbocycles. The Morgan fingerprint density at radius 3 is 2.22 bits per heavy atom. The van der Waals surface area contributed by atoms with E-state index in [1.165, 1.54) is 5.56 Å². The van der Waals surface area contributed by atoms with E-state index in [1.54, 1.807) is 7.11 Å². The van der Waals surface area contributed by atoms with Gasteiger partial charge < -0.3 is 9.47 Å². The molecule has 0 bridgehead atoms. The van der Waals surface area contributed by atoms with Crippen LogP contribution in [-0.4, -0.2) is 19.0 Å². The zero-order valence-corrected chi connectivity index (χ0v) is 13.3. The molecule has 2 nitrogen and oxygen atoms in total. The highest BCUT2D eigenvalue weighted by Crippen LogP contribution is 2.28. The average Bonchev–Trinajstić information content (AvgIpc) is 2.34. The van der Waals surface area contributed by atoms with Gasteiger partial charge in [-0.05, 0) is 29.0 Å². The number of benzene rings is 1. The summed E-state index contributed by atoms with van der Waals surface area (Å²) < 4.78 is 10.9. The van der Waals surface area contributed by atoms with Crippen molar-refractivity contribution in [2.75, 3.05) is 19.0 Å². The van der Waals surface area contributed by atoms with E-state index in [9.17, 15) is 0 Å². The summed E-state index contributed by atoms with van der Waals surface area (Å²) in [6, 6.07) is 8.01. The summed E-state index contributed by atoms with van der Waals surface area (Å²) in [5.41, 5.74) is 1.45. The number of alkyl halides is 1. The van der Waals surface area contributed by atoms with Gasteiger partial charge in [0.2, 0.25) is 0 Å². The van der Waals surface area contributed by atoms with Crippen LogP contribution in [0.25, 0.3) is 0 Å². The van der Waals surface area contributed by atoms with Crippen molar-refractivity contribution in [3.8, 4) is 5.75 Å². The molecule has 0 aromatic heterocycles. The molecule has 18 heavy (non-hydrogen) atoms. The first-order valence-electron chi connectivity index (χ1n) is 6.24. The first-order chi connectivity index (χ1) is 8.47. The molecule has 0 fully saturated rings. The van der Waals surface area contributed by atoms with Gasteiger partial charge in [0.15, 0.2) is 0 Å². The number of hydrogen-bond donors (Lipinski definition) is 0. The van der Waals surface area contributed by atoms with Gasteiger partial charge in [0.05, 0.1) is 20.3 Å². The molecule has 1 aromatic rings. The standard InChI is InChI=1S/C15H23BrO2/c1-15(2,3)13(9-16)11-18-10-12-5-7-14(17-4)8-6-12/h5-8,13H,9-11H2,1-4H3. The second kappa shape index (κ2) is 7.15. The van der Waals surface area contributed by atoms with Gasteiger partial charge in [0.1, 0.15) is 5.75 Å². The fourth-order valence-corrected chi connectivity index (χ4v) is 2.72. The number of halogens is 1. The van der Waals surface area contributed by atoms with E-state index in [0.29, 0.717) is 12.5 Å². The van der Waals surface area contributed by atoms with Crippen molar-refractivity contribution in [2.45, 2.75) is 27.4 Å². The molecule has 102 valence electrons. The smallest absolute Gasteiger partial charge is 0.118 e. The van der Waals surface area contributed by atoms with Crippen LogP contribution in [0.1, 0.15) is 26.3 Å². The van der Waals surface area contributed by atoms with Crippen LogP contribution in [0.5, 0.6) is 5.75 Å². The minimum absolute atomic E-state index is 0.267. The molecule has 0 aliphatic rings. The lowest BCUT2D eigenvalue weighted by atomic mass is 9.83. The number of ether oxygens (including phenoxy) is 2. The third-order valence-corrected chi connectivity index (χ3v) is 3.94. The van der Waals surface area contributed by atoms with Crippen molar-refractivity contribution in [3.63, 3.8) is 0 Å². The highest BCUT2D eigenvalue weighted by Gasteiger charge is 2.23. The minimum Gasteiger partial charge on any atom is -0.497 e. The molecular weight excluding hydrogens is 292 g/mol. The normalized spacial score (nSPS) is 13.4. The molecular formula is C15H23BrO2. The summed E-state index contributed by atoms with van der Waals surface area (Å²) in [5.74, 6) is 1.41. The topological polar surface area (TPSA) is 18.5 Å². The highest BCUT2D eigenvalue weighted by atomic mass is 79.9. The van der Waals surface area contributed by atoms with Crippen molar-refractivity contribution >= 4 is 15.9 Å². The molecule has 0 N–H and O–H groups in total. The van der Waals surface area contributed by atoms with Crippen LogP contribution >= 0.6 is 15.9 Å². The molecule has 0 saturated heterocycles. The van der Waals surface area contributed by atoms with E-state index in [-0.39, 0.29) is 5.41 Å². The van der Waals surface area contributed by atoms with Crippen molar-refractivity contribution in [1.82, 2.24) is 0 Å². The predicted octanol–water partition coefficient (Wildman–Crippen LogP) is 4.27. The molecule has 0 aliphatic carbocycles. The monoisotopic (exact) mass is 314 g/mol. The summed E-state index contributed by atoms with van der Waals surface area (Å²) in [5, 5.41) is 0.971. The molecule has 1 atom stereocenters. The summed E-state index contributed by atoms with van der Waals surface area (Å²) >= 11 is 3.56. The zero-order valence-electron chi connectivity index (χ0n) is 11.7. The summed E-state index contributed by atoms with van der Waals surface area (Å²) in [6.45, 7) is 8.17. The van der Waals surface area contributed by atoms with Crippen molar-refractivity contribution in [2.24, 2.45) is 11.3 Å². The summed E-state index contributed by atoms with van der Waals surface area (Å²) in [6.07, 6.45) is 0. The highest BCUT2D eigenvalue weighted by molar-refractivity contribution is 9.09. The van der Waals surface area contributed by atoms with E-state index in [1.807, 2.05) is 24.3 Å². The molecule has 3 heteroatoms. The van der Waals surface area contributed by atoms with Gasteiger partial charge in [-0.15, -0.1) is 0 Å². The number of methoxy groups -OCH3 is 1. The van der Waals surface area contributed by atoms with Gasteiger partial charge in [0, 0.05) is 5.33 Å². The third-order valence-electron chi connectivity index (χ3n) is 3.16. The summed E-state index contributed by atoms with van der Waals surface area (Å²) in [4.78, 5) is 0. The first kappa shape index (κ1) is 15.5. The molecule has 1 aromatic carbocycles. The lowest BCUT2D eigenvalue weighted by Gasteiger charge is -2.28. The summed E-state index contributed by atoms with van der Waals surface area (Å²) in [7, 11) is 1.68. The Kier molecular flexibility index (Phi) is 6.16. The minimum atomic E-state index is 0.267. The third kappa shape index (κ3) is 4.99. The Balaban J connectivity index is 2.40. The van der Waals surface area contributed by atoms with Gasteiger partial charge in [0.25, 0.3) is 0 Å². The average molecular weight is 315 g/mol. The van der Waals surface area contributed by atoms with E-state index in [0.717, 1.165) is 17.7 Å². The van der Waals surface area contributed by atoms with Crippen molar-refractivity contribution in [1.29, 1.82) is 0 Å². The van der Waals surface area contributed by atoms with Crippen molar-refractivity contribution in [3.05, 3.63) is 29.8 Å². The maximum atomic E-state index is 5.80. The SMILES string of the molecule is COc1ccc(COCC(CBr)C(C)(C)C)cc1. The lowest BCUT2D eigenvalue weighted by Crippen LogP contribution is -2.26. The fourth-order valence-electron chi connectivity index (χ4n) is 1.57. The fraction of sp³-hybridized carbons (Fsp3) is 0.600. The maximum Gasteiger partial charge on any atom is 0.118 e. The van der Waals surface area contributed by atoms with Gasteiger partial charge in [-0.3, -0.25) is 0 Å². The van der Waals surface area contributed by atoms with Crippen LogP contribution in [-0.2, 0) is 11.3 Å². The van der Waals surface area contributed by atoms with Crippen LogP contribution in [0.3, 0.4) is 0 Å². The number of hydrogen-bond acceptors (Lipinski definition) is 2. The van der Waals surface area contributed by atoms with Crippen LogP contribution in [0.4, 0.5) is 0 Å². The Bertz CT molecular complexity index is 341. The van der Waals surface area contributed by atoms with E-state index >= 15 is 0 Å². The van der Waals surface area contributed by atoms with Crippen LogP contribution in [0.2, 0.25) is 0 Å². The van der Waals surface area contributed by atoms with Crippen LogP contribution in [0, 0.1) is 11.3 Å². The van der Waals surface area contributed by atoms with Crippen LogP contribution in [0.15, 0.2) is 24.3 Å². The van der Waals surface area contributed by atoms with E-state index in [2.05, 4.69) is 36.7 Å². The largest absolute Gasteiger partial charge is 0.497 e. The zero-order chi connectivity index (χ0) is 13.6. The Morgan fingerprint density at radius 2 is 1.78 bits per heavy atom. The molecule has 0 spiro atoms. The molecule has 0 radical (unpaired) electrons. The Hall–Kier alpha value is -0.540. The van der Waals surface area contributed by atoms with Gasteiger partial charge in [-0.25, -0.2) is 0 Å². The van der Waals surface area contributed by atoms with Crippen LogP contribution < -0.4 is 4.74 Å². The molecule has 0 aliphatic heterocycles. The Morgan fingerprint density at radius 1 is 1.17 bits per heavy atom. The predicted molar refractivity (Wildman–Crippen MR) is 79.4 cm³/mol. The van der Waals surface area contributed by atoms with Gasteiger partial charge in [-0.2, -0.15) is 0 Å². The van der Waals surface area contributed by atoms with Gasteiger partial charge >= 0.3 is 0 Å². The number of rotatable bonds is 6. The molecule has 0 amide bonds. The van der Waals surface area contributed by atoms with Gasteiger partial charge in [-0.1, -0.05) is 48.8 Å². The molecule has 0 heterocycles. The molecule has 1 rings (SSSR count). The second-order valence-corrected chi connectivity index (χ2v) is 6.23.